The number of nitriles is 1. The van der Waals surface area contributed by atoms with Crippen molar-refractivity contribution in [1.29, 1.82) is 5.26 Å². The van der Waals surface area contributed by atoms with Crippen molar-refractivity contribution in [1.82, 2.24) is 14.8 Å². The number of hydrogen-bond acceptors (Lipinski definition) is 7. The van der Waals surface area contributed by atoms with E-state index in [0.717, 1.165) is 20.1 Å². The van der Waals surface area contributed by atoms with Crippen molar-refractivity contribution < 1.29 is 4.79 Å². The fourth-order valence-electron chi connectivity index (χ4n) is 3.25. The lowest BCUT2D eigenvalue weighted by molar-refractivity contribution is -0.133. The fourth-order valence-corrected chi connectivity index (χ4v) is 4.78. The van der Waals surface area contributed by atoms with Crippen molar-refractivity contribution in [2.45, 2.75) is 32.9 Å². The smallest absolute Gasteiger partial charge is 0.271 e. The summed E-state index contributed by atoms with van der Waals surface area (Å²) in [4.78, 5) is 27.7. The summed E-state index contributed by atoms with van der Waals surface area (Å²) in [6.07, 6.45) is 0.617. The summed E-state index contributed by atoms with van der Waals surface area (Å²) >= 11 is 3.15. The summed E-state index contributed by atoms with van der Waals surface area (Å²) < 4.78 is 1.06. The van der Waals surface area contributed by atoms with Gasteiger partial charge in [-0.05, 0) is 42.3 Å². The minimum atomic E-state index is -0.557. The summed E-state index contributed by atoms with van der Waals surface area (Å²) in [5, 5.41) is 23.5. The Morgan fingerprint density at radius 2 is 2.03 bits per heavy atom. The highest BCUT2D eigenvalue weighted by atomic mass is 32.1. The van der Waals surface area contributed by atoms with E-state index in [0.29, 0.717) is 17.7 Å². The van der Waals surface area contributed by atoms with Gasteiger partial charge in [0.05, 0.1) is 22.3 Å². The van der Waals surface area contributed by atoms with E-state index in [1.165, 1.54) is 5.01 Å². The van der Waals surface area contributed by atoms with Crippen LogP contribution in [0.3, 0.4) is 0 Å². The summed E-state index contributed by atoms with van der Waals surface area (Å²) in [5.41, 5.74) is 1.40. The molecule has 9 heteroatoms. The predicted molar refractivity (Wildman–Crippen MR) is 112 cm³/mol. The molecule has 0 bridgehead atoms. The Balaban J connectivity index is 1.68. The Hall–Kier alpha value is -3.09. The van der Waals surface area contributed by atoms with Gasteiger partial charge in [-0.1, -0.05) is 12.1 Å². The highest BCUT2D eigenvalue weighted by Crippen LogP contribution is 2.36. The van der Waals surface area contributed by atoms with E-state index in [9.17, 15) is 14.9 Å². The molecular formula is C20H17N5O2S2. The van der Waals surface area contributed by atoms with Gasteiger partial charge in [-0.25, -0.2) is 9.69 Å². The second-order valence-electron chi connectivity index (χ2n) is 6.66. The van der Waals surface area contributed by atoms with Gasteiger partial charge >= 0.3 is 0 Å². The van der Waals surface area contributed by atoms with Crippen LogP contribution in [-0.2, 0) is 11.3 Å². The molecule has 0 fully saturated rings. The van der Waals surface area contributed by atoms with E-state index >= 15 is 0 Å². The molecule has 4 rings (SSSR count). The maximum absolute atomic E-state index is 13.1. The lowest BCUT2D eigenvalue weighted by Gasteiger charge is -2.21. The van der Waals surface area contributed by atoms with Gasteiger partial charge in [-0.15, -0.1) is 22.7 Å². The van der Waals surface area contributed by atoms with Crippen LogP contribution in [0.1, 0.15) is 39.0 Å². The Kier molecular flexibility index (Phi) is 5.13. The second-order valence-corrected chi connectivity index (χ2v) is 8.58. The SMILES string of the molecule is Cc1nn(CC(=O)N2N=C(c3cccs3)C[C@@H]2c2cccs2)c(=O)c(C#N)c1C. The molecule has 0 saturated heterocycles. The lowest BCUT2D eigenvalue weighted by atomic mass is 10.1. The van der Waals surface area contributed by atoms with Crippen LogP contribution in [0.2, 0.25) is 0 Å². The zero-order valence-electron chi connectivity index (χ0n) is 15.8. The molecule has 0 spiro atoms. The number of hydrazone groups is 1. The highest BCUT2D eigenvalue weighted by Gasteiger charge is 2.34. The average molecular weight is 424 g/mol. The molecule has 7 nitrogen and oxygen atoms in total. The zero-order valence-corrected chi connectivity index (χ0v) is 17.5. The first-order valence-corrected chi connectivity index (χ1v) is 10.7. The largest absolute Gasteiger partial charge is 0.285 e. The molecule has 29 heavy (non-hydrogen) atoms. The molecule has 0 unspecified atom stereocenters. The maximum Gasteiger partial charge on any atom is 0.285 e. The van der Waals surface area contributed by atoms with E-state index < -0.39 is 5.56 Å². The highest BCUT2D eigenvalue weighted by molar-refractivity contribution is 7.12. The van der Waals surface area contributed by atoms with Crippen molar-refractivity contribution in [3.05, 3.63) is 72.0 Å². The van der Waals surface area contributed by atoms with Crippen LogP contribution in [0.5, 0.6) is 0 Å². The molecule has 0 N–H and O–H groups in total. The Labute approximate surface area is 175 Å². The van der Waals surface area contributed by atoms with E-state index in [1.54, 1.807) is 36.5 Å². The van der Waals surface area contributed by atoms with Gasteiger partial charge < -0.3 is 0 Å². The van der Waals surface area contributed by atoms with Gasteiger partial charge in [0, 0.05) is 11.3 Å². The molecule has 0 radical (unpaired) electrons. The van der Waals surface area contributed by atoms with E-state index in [4.69, 9.17) is 0 Å². The number of carbonyl (C=O) groups is 1. The molecule has 1 aliphatic heterocycles. The van der Waals surface area contributed by atoms with Crippen LogP contribution in [-0.4, -0.2) is 26.4 Å². The number of thiophene rings is 2. The van der Waals surface area contributed by atoms with Crippen LogP contribution >= 0.6 is 22.7 Å². The van der Waals surface area contributed by atoms with Gasteiger partial charge in [0.25, 0.3) is 11.5 Å². The number of carbonyl (C=O) groups excluding carboxylic acids is 1. The molecule has 1 amide bonds. The maximum atomic E-state index is 13.1. The van der Waals surface area contributed by atoms with Crippen LogP contribution in [0.15, 0.2) is 44.9 Å². The zero-order chi connectivity index (χ0) is 20.5. The summed E-state index contributed by atoms with van der Waals surface area (Å²) in [6.45, 7) is 3.13. The minimum Gasteiger partial charge on any atom is -0.271 e. The number of nitrogens with zero attached hydrogens (tertiary/aromatic N) is 5. The Bertz CT molecular complexity index is 1190. The molecule has 1 atom stereocenters. The minimum absolute atomic E-state index is 0.0179. The third-order valence-corrected chi connectivity index (χ3v) is 6.77. The molecule has 0 aromatic carbocycles. The third kappa shape index (κ3) is 3.52. The normalized spacial score (nSPS) is 16.0. The fraction of sp³-hybridized carbons (Fsp3) is 0.250. The van der Waals surface area contributed by atoms with E-state index in [-0.39, 0.29) is 24.1 Å². The van der Waals surface area contributed by atoms with E-state index in [2.05, 4.69) is 10.2 Å². The monoisotopic (exact) mass is 423 g/mol. The molecule has 1 aliphatic rings. The third-order valence-electron chi connectivity index (χ3n) is 4.88. The summed E-state index contributed by atoms with van der Waals surface area (Å²) in [6, 6.07) is 9.58. The molecule has 3 aromatic heterocycles. The van der Waals surface area contributed by atoms with Crippen molar-refractivity contribution in [3.8, 4) is 6.07 Å². The van der Waals surface area contributed by atoms with Crippen molar-refractivity contribution in [2.75, 3.05) is 0 Å². The molecule has 0 saturated carbocycles. The van der Waals surface area contributed by atoms with Crippen LogP contribution < -0.4 is 5.56 Å². The number of aryl methyl sites for hydroxylation is 1. The van der Waals surface area contributed by atoms with Crippen molar-refractivity contribution >= 4 is 34.3 Å². The summed E-state index contributed by atoms with van der Waals surface area (Å²) in [5.74, 6) is -0.336. The van der Waals surface area contributed by atoms with Gasteiger partial charge in [0.2, 0.25) is 0 Å². The van der Waals surface area contributed by atoms with E-state index in [1.807, 2.05) is 41.1 Å². The molecule has 0 aliphatic carbocycles. The van der Waals surface area contributed by atoms with Crippen molar-refractivity contribution in [3.63, 3.8) is 0 Å². The quantitative estimate of drug-likeness (QED) is 0.644. The van der Waals surface area contributed by atoms with Gasteiger partial charge in [-0.3, -0.25) is 9.59 Å². The molecular weight excluding hydrogens is 406 g/mol. The first-order chi connectivity index (χ1) is 14.0. The van der Waals surface area contributed by atoms with Crippen LogP contribution in [0.4, 0.5) is 0 Å². The second kappa shape index (κ2) is 7.73. The Morgan fingerprint density at radius 3 is 2.69 bits per heavy atom. The first-order valence-electron chi connectivity index (χ1n) is 8.95. The lowest BCUT2D eigenvalue weighted by Crippen LogP contribution is -2.36. The van der Waals surface area contributed by atoms with Gasteiger partial charge in [0.1, 0.15) is 18.2 Å². The number of hydrogen-bond donors (Lipinski definition) is 0. The van der Waals surface area contributed by atoms with Crippen LogP contribution in [0, 0.1) is 25.2 Å². The number of aromatic nitrogens is 2. The average Bonchev–Trinajstić information content (AvgIpc) is 3.47. The van der Waals surface area contributed by atoms with Crippen molar-refractivity contribution in [2.24, 2.45) is 5.10 Å². The number of rotatable bonds is 4. The summed E-state index contributed by atoms with van der Waals surface area (Å²) in [7, 11) is 0. The topological polar surface area (TPSA) is 91.3 Å². The van der Waals surface area contributed by atoms with Gasteiger partial charge in [-0.2, -0.15) is 15.5 Å². The van der Waals surface area contributed by atoms with Crippen LogP contribution in [0.25, 0.3) is 0 Å². The Morgan fingerprint density at radius 1 is 1.28 bits per heavy atom. The molecule has 146 valence electrons. The number of amides is 1. The molecule has 3 aromatic rings. The first kappa shape index (κ1) is 19.2. The molecule has 4 heterocycles. The predicted octanol–water partition coefficient (Wildman–Crippen LogP) is 3.23. The standard InChI is InChI=1S/C20H17N5O2S2/c1-12-13(2)22-24(20(27)14(12)10-21)11-19(26)25-16(18-6-4-8-29-18)9-15(23-25)17-5-3-7-28-17/h3-8,16H,9,11H2,1-2H3/t16-/m1/s1. The van der Waals surface area contributed by atoms with Gasteiger partial charge in [0.15, 0.2) is 0 Å².